The van der Waals surface area contributed by atoms with Crippen LogP contribution in [-0.2, 0) is 4.74 Å². The summed E-state index contributed by atoms with van der Waals surface area (Å²) < 4.78 is 4.85. The number of esters is 1. The van der Waals surface area contributed by atoms with E-state index < -0.39 is 0 Å². The van der Waals surface area contributed by atoms with Crippen LogP contribution in [0.5, 0.6) is 0 Å². The first-order chi connectivity index (χ1) is 10.2. The van der Waals surface area contributed by atoms with Crippen molar-refractivity contribution in [1.29, 1.82) is 0 Å². The van der Waals surface area contributed by atoms with Gasteiger partial charge in [0.05, 0.1) is 18.7 Å². The number of ether oxygens (including phenoxy) is 1. The molecule has 1 atom stereocenters. The maximum atomic E-state index is 11.9. The second kappa shape index (κ2) is 6.08. The molecule has 1 aromatic heterocycles. The summed E-state index contributed by atoms with van der Waals surface area (Å²) in [6.45, 7) is 0. The van der Waals surface area contributed by atoms with Gasteiger partial charge in [-0.05, 0) is 48.4 Å². The fourth-order valence-electron chi connectivity index (χ4n) is 2.41. The van der Waals surface area contributed by atoms with E-state index >= 15 is 0 Å². The molecule has 1 aliphatic rings. The molecular formula is C16H16ClNO2S. The predicted octanol–water partition coefficient (Wildman–Crippen LogP) is 4.75. The largest absolute Gasteiger partial charge is 0.465 e. The minimum Gasteiger partial charge on any atom is -0.465 e. The molecule has 3 rings (SSSR count). The first-order valence-electron chi connectivity index (χ1n) is 6.87. The van der Waals surface area contributed by atoms with Crippen molar-refractivity contribution in [3.05, 3.63) is 51.2 Å². The van der Waals surface area contributed by atoms with Crippen molar-refractivity contribution in [2.75, 3.05) is 12.4 Å². The molecule has 0 radical (unpaired) electrons. The zero-order chi connectivity index (χ0) is 14.8. The molecule has 1 saturated carbocycles. The first-order valence-corrected chi connectivity index (χ1v) is 8.12. The Morgan fingerprint density at radius 2 is 2.24 bits per heavy atom. The Kier molecular flexibility index (Phi) is 4.17. The molecule has 0 bridgehead atoms. The lowest BCUT2D eigenvalue weighted by atomic mass is 10.1. The molecule has 3 nitrogen and oxygen atoms in total. The van der Waals surface area contributed by atoms with E-state index in [0.29, 0.717) is 16.5 Å². The van der Waals surface area contributed by atoms with Crippen LogP contribution in [0.3, 0.4) is 0 Å². The lowest BCUT2D eigenvalue weighted by Gasteiger charge is -2.20. The monoisotopic (exact) mass is 321 g/mol. The van der Waals surface area contributed by atoms with Crippen LogP contribution >= 0.6 is 22.9 Å². The Hall–Kier alpha value is -1.52. The van der Waals surface area contributed by atoms with Crippen LogP contribution in [0, 0.1) is 5.92 Å². The topological polar surface area (TPSA) is 38.3 Å². The summed E-state index contributed by atoms with van der Waals surface area (Å²) in [5, 5.41) is 6.11. The summed E-state index contributed by atoms with van der Waals surface area (Å²) >= 11 is 7.73. The number of rotatable bonds is 5. The van der Waals surface area contributed by atoms with Crippen molar-refractivity contribution in [1.82, 2.24) is 0 Å². The number of hydrogen-bond acceptors (Lipinski definition) is 4. The smallest absolute Gasteiger partial charge is 0.340 e. The maximum absolute atomic E-state index is 11.9. The Labute approximate surface area is 132 Å². The van der Waals surface area contributed by atoms with Gasteiger partial charge in [-0.3, -0.25) is 0 Å². The molecule has 0 saturated heterocycles. The van der Waals surface area contributed by atoms with E-state index in [9.17, 15) is 4.79 Å². The van der Waals surface area contributed by atoms with Gasteiger partial charge in [0, 0.05) is 15.6 Å². The first kappa shape index (κ1) is 14.4. The summed E-state index contributed by atoms with van der Waals surface area (Å²) in [6.07, 6.45) is 2.44. The Morgan fingerprint density at radius 3 is 2.86 bits per heavy atom. The number of methoxy groups -OCH3 is 1. The molecule has 110 valence electrons. The van der Waals surface area contributed by atoms with Crippen molar-refractivity contribution in [3.63, 3.8) is 0 Å². The van der Waals surface area contributed by atoms with Crippen molar-refractivity contribution in [3.8, 4) is 0 Å². The molecule has 1 unspecified atom stereocenters. The average Bonchev–Trinajstić information content (AvgIpc) is 3.19. The second-order valence-electron chi connectivity index (χ2n) is 5.16. The van der Waals surface area contributed by atoms with Gasteiger partial charge in [-0.15, -0.1) is 11.3 Å². The minimum absolute atomic E-state index is 0.245. The molecule has 1 aliphatic carbocycles. The van der Waals surface area contributed by atoms with Gasteiger partial charge in [0.15, 0.2) is 0 Å². The van der Waals surface area contributed by atoms with Crippen LogP contribution in [0.15, 0.2) is 35.7 Å². The standard InChI is InChI=1S/C16H16ClNO2S/c1-20-16(19)12-9-11(17)6-7-13(12)18-15(10-4-5-10)14-3-2-8-21-14/h2-3,6-10,15,18H,4-5H2,1H3. The molecule has 1 heterocycles. The van der Waals surface area contributed by atoms with E-state index in [-0.39, 0.29) is 12.0 Å². The predicted molar refractivity (Wildman–Crippen MR) is 86.2 cm³/mol. The van der Waals surface area contributed by atoms with Crippen molar-refractivity contribution < 1.29 is 9.53 Å². The van der Waals surface area contributed by atoms with Gasteiger partial charge in [-0.25, -0.2) is 4.79 Å². The van der Waals surface area contributed by atoms with E-state index in [4.69, 9.17) is 16.3 Å². The number of benzene rings is 1. The number of carbonyl (C=O) groups excluding carboxylic acids is 1. The molecular weight excluding hydrogens is 306 g/mol. The number of anilines is 1. The zero-order valence-electron chi connectivity index (χ0n) is 11.6. The molecule has 0 aliphatic heterocycles. The zero-order valence-corrected chi connectivity index (χ0v) is 13.2. The normalized spacial score (nSPS) is 15.5. The van der Waals surface area contributed by atoms with Gasteiger partial charge in [0.1, 0.15) is 0 Å². The Balaban J connectivity index is 1.91. The fraction of sp³-hybridized carbons (Fsp3) is 0.312. The molecule has 5 heteroatoms. The molecule has 0 amide bonds. The van der Waals surface area contributed by atoms with E-state index in [0.717, 1.165) is 5.69 Å². The van der Waals surface area contributed by atoms with Gasteiger partial charge in [0.25, 0.3) is 0 Å². The van der Waals surface area contributed by atoms with Crippen molar-refractivity contribution in [2.24, 2.45) is 5.92 Å². The lowest BCUT2D eigenvalue weighted by molar-refractivity contribution is 0.0601. The highest BCUT2D eigenvalue weighted by atomic mass is 35.5. The van der Waals surface area contributed by atoms with E-state index in [2.05, 4.69) is 22.8 Å². The van der Waals surface area contributed by atoms with Crippen LogP contribution in [0.25, 0.3) is 0 Å². The van der Waals surface area contributed by atoms with Crippen molar-refractivity contribution >= 4 is 34.6 Å². The maximum Gasteiger partial charge on any atom is 0.340 e. The molecule has 1 N–H and O–H groups in total. The quantitative estimate of drug-likeness (QED) is 0.807. The summed E-state index contributed by atoms with van der Waals surface area (Å²) in [7, 11) is 1.38. The van der Waals surface area contributed by atoms with Gasteiger partial charge in [-0.2, -0.15) is 0 Å². The summed E-state index contributed by atoms with van der Waals surface area (Å²) in [5.41, 5.74) is 1.25. The number of thiophene rings is 1. The van der Waals surface area contributed by atoms with Crippen LogP contribution in [0.1, 0.15) is 34.1 Å². The number of carbonyl (C=O) groups is 1. The Morgan fingerprint density at radius 1 is 1.43 bits per heavy atom. The van der Waals surface area contributed by atoms with Crippen LogP contribution in [0.4, 0.5) is 5.69 Å². The summed E-state index contributed by atoms with van der Waals surface area (Å²) in [6, 6.07) is 9.71. The third-order valence-corrected chi connectivity index (χ3v) is 4.83. The number of nitrogens with one attached hydrogen (secondary N) is 1. The summed E-state index contributed by atoms with van der Waals surface area (Å²) in [4.78, 5) is 13.2. The number of hydrogen-bond donors (Lipinski definition) is 1. The minimum atomic E-state index is -0.374. The molecule has 1 fully saturated rings. The van der Waals surface area contributed by atoms with E-state index in [1.165, 1.54) is 24.8 Å². The summed E-state index contributed by atoms with van der Waals surface area (Å²) in [5.74, 6) is 0.255. The van der Waals surface area contributed by atoms with Gasteiger partial charge in [-0.1, -0.05) is 17.7 Å². The highest BCUT2D eigenvalue weighted by molar-refractivity contribution is 7.10. The van der Waals surface area contributed by atoms with Gasteiger partial charge in [0.2, 0.25) is 0 Å². The second-order valence-corrected chi connectivity index (χ2v) is 6.57. The average molecular weight is 322 g/mol. The highest BCUT2D eigenvalue weighted by Crippen LogP contribution is 2.44. The van der Waals surface area contributed by atoms with E-state index in [1.54, 1.807) is 23.5 Å². The van der Waals surface area contributed by atoms with Gasteiger partial charge < -0.3 is 10.1 Å². The van der Waals surface area contributed by atoms with Crippen molar-refractivity contribution in [2.45, 2.75) is 18.9 Å². The molecule has 0 spiro atoms. The third kappa shape index (κ3) is 3.22. The third-order valence-electron chi connectivity index (χ3n) is 3.64. The molecule has 21 heavy (non-hydrogen) atoms. The van der Waals surface area contributed by atoms with Crippen LogP contribution in [-0.4, -0.2) is 13.1 Å². The lowest BCUT2D eigenvalue weighted by Crippen LogP contribution is -2.15. The highest BCUT2D eigenvalue weighted by Gasteiger charge is 2.33. The van der Waals surface area contributed by atoms with E-state index in [1.807, 2.05) is 6.07 Å². The van der Waals surface area contributed by atoms with Crippen LogP contribution < -0.4 is 5.32 Å². The van der Waals surface area contributed by atoms with Gasteiger partial charge >= 0.3 is 5.97 Å². The fourth-order valence-corrected chi connectivity index (χ4v) is 3.45. The molecule has 1 aromatic carbocycles. The SMILES string of the molecule is COC(=O)c1cc(Cl)ccc1NC(c1cccs1)C1CC1. The Bertz CT molecular complexity index is 638. The van der Waals surface area contributed by atoms with Crippen LogP contribution in [0.2, 0.25) is 5.02 Å². The molecule has 2 aromatic rings. The number of halogens is 1.